The lowest BCUT2D eigenvalue weighted by molar-refractivity contribution is 0.0697. The molecule has 94 valence electrons. The predicted molar refractivity (Wildman–Crippen MR) is 75.8 cm³/mol. The van der Waals surface area contributed by atoms with E-state index in [0.29, 0.717) is 5.56 Å². The minimum atomic E-state index is -0.899. The fourth-order valence-corrected chi connectivity index (χ4v) is 2.90. The summed E-state index contributed by atoms with van der Waals surface area (Å²) in [7, 11) is 0. The Morgan fingerprint density at radius 2 is 1.84 bits per heavy atom. The number of aromatic carboxylic acids is 1. The van der Waals surface area contributed by atoms with E-state index >= 15 is 0 Å². The van der Waals surface area contributed by atoms with Crippen LogP contribution in [0.4, 0.5) is 0 Å². The van der Waals surface area contributed by atoms with Crippen LogP contribution >= 0.6 is 11.8 Å². The van der Waals surface area contributed by atoms with Gasteiger partial charge in [0.05, 0.1) is 5.56 Å². The fourth-order valence-electron chi connectivity index (χ4n) is 1.94. The van der Waals surface area contributed by atoms with Crippen LogP contribution in [0.2, 0.25) is 0 Å². The molecule has 1 heterocycles. The zero-order chi connectivity index (χ0) is 13.2. The molecule has 0 radical (unpaired) electrons. The molecule has 0 aliphatic carbocycles. The summed E-state index contributed by atoms with van der Waals surface area (Å²) in [6, 6.07) is 15.1. The third-order valence-corrected chi connectivity index (χ3v) is 3.97. The lowest BCUT2D eigenvalue weighted by atomic mass is 10.2. The number of hydrogen-bond donors (Lipinski definition) is 2. The molecule has 0 amide bonds. The summed E-state index contributed by atoms with van der Waals surface area (Å²) in [5.74, 6) is -0.899. The molecule has 0 atom stereocenters. The summed E-state index contributed by atoms with van der Waals surface area (Å²) in [6.07, 6.45) is 1.92. The van der Waals surface area contributed by atoms with Crippen molar-refractivity contribution in [3.8, 4) is 0 Å². The molecule has 2 aromatic carbocycles. The number of rotatable bonds is 3. The molecule has 0 spiro atoms. The fraction of sp³-hybridized carbons (Fsp3) is 0. The first kappa shape index (κ1) is 11.9. The van der Waals surface area contributed by atoms with Crippen LogP contribution in [0.25, 0.3) is 10.9 Å². The minimum absolute atomic E-state index is 0.309. The van der Waals surface area contributed by atoms with Gasteiger partial charge in [0.2, 0.25) is 0 Å². The number of aromatic nitrogens is 1. The summed E-state index contributed by atoms with van der Waals surface area (Å²) >= 11 is 1.63. The maximum Gasteiger partial charge on any atom is 0.335 e. The second-order valence-corrected chi connectivity index (χ2v) is 5.24. The largest absolute Gasteiger partial charge is 0.478 e. The van der Waals surface area contributed by atoms with Gasteiger partial charge in [-0.05, 0) is 42.5 Å². The van der Waals surface area contributed by atoms with Gasteiger partial charge < -0.3 is 10.1 Å². The van der Waals surface area contributed by atoms with Gasteiger partial charge in [-0.3, -0.25) is 0 Å². The number of carboxylic acid groups (broad SMARTS) is 1. The molecule has 3 rings (SSSR count). The number of aromatic amines is 1. The zero-order valence-corrected chi connectivity index (χ0v) is 10.8. The second kappa shape index (κ2) is 4.82. The maximum atomic E-state index is 10.8. The van der Waals surface area contributed by atoms with Gasteiger partial charge in [-0.2, -0.15) is 0 Å². The highest BCUT2D eigenvalue weighted by Gasteiger charge is 2.05. The Balaban J connectivity index is 1.92. The Morgan fingerprint density at radius 3 is 2.58 bits per heavy atom. The molecule has 0 bridgehead atoms. The summed E-state index contributed by atoms with van der Waals surface area (Å²) < 4.78 is 0. The van der Waals surface area contributed by atoms with Crippen molar-refractivity contribution < 1.29 is 9.90 Å². The quantitative estimate of drug-likeness (QED) is 0.755. The summed E-state index contributed by atoms with van der Waals surface area (Å²) in [4.78, 5) is 16.2. The molecule has 0 fully saturated rings. The molecular weight excluding hydrogens is 258 g/mol. The number of hydrogen-bond acceptors (Lipinski definition) is 2. The first-order chi connectivity index (χ1) is 9.24. The number of nitrogens with one attached hydrogen (secondary N) is 1. The summed E-state index contributed by atoms with van der Waals surface area (Å²) in [5, 5.41) is 10.0. The standard InChI is InChI=1S/C15H11NO2S/c17-15(18)10-4-6-11(7-5-10)19-14-3-1-2-13-12(14)8-9-16-13/h1-9,16H,(H,17,18). The SMILES string of the molecule is O=C(O)c1ccc(Sc2cccc3[nH]ccc23)cc1. The second-order valence-electron chi connectivity index (χ2n) is 4.13. The molecule has 0 saturated carbocycles. The van der Waals surface area contributed by atoms with Crippen molar-refractivity contribution >= 4 is 28.6 Å². The Kier molecular flexibility index (Phi) is 3.01. The van der Waals surface area contributed by atoms with Crippen LogP contribution in [0.1, 0.15) is 10.4 Å². The van der Waals surface area contributed by atoms with Crippen molar-refractivity contribution in [2.24, 2.45) is 0 Å². The molecule has 3 nitrogen and oxygen atoms in total. The molecule has 0 aliphatic rings. The maximum absolute atomic E-state index is 10.8. The highest BCUT2D eigenvalue weighted by molar-refractivity contribution is 7.99. The first-order valence-corrected chi connectivity index (χ1v) is 6.63. The van der Waals surface area contributed by atoms with Gasteiger partial charge >= 0.3 is 5.97 Å². The smallest absolute Gasteiger partial charge is 0.335 e. The van der Waals surface area contributed by atoms with Crippen LogP contribution in [0.5, 0.6) is 0 Å². The normalized spacial score (nSPS) is 10.7. The van der Waals surface area contributed by atoms with Crippen molar-refractivity contribution in [1.29, 1.82) is 0 Å². The van der Waals surface area contributed by atoms with Crippen LogP contribution in [0, 0.1) is 0 Å². The molecule has 3 aromatic rings. The average molecular weight is 269 g/mol. The van der Waals surface area contributed by atoms with E-state index in [1.807, 2.05) is 36.5 Å². The van der Waals surface area contributed by atoms with Crippen molar-refractivity contribution in [1.82, 2.24) is 4.98 Å². The highest BCUT2D eigenvalue weighted by Crippen LogP contribution is 2.33. The molecular formula is C15H11NO2S. The Morgan fingerprint density at radius 1 is 1.05 bits per heavy atom. The van der Waals surface area contributed by atoms with Crippen molar-refractivity contribution in [3.05, 3.63) is 60.3 Å². The van der Waals surface area contributed by atoms with Gasteiger partial charge in [-0.25, -0.2) is 4.79 Å². The van der Waals surface area contributed by atoms with E-state index in [-0.39, 0.29) is 0 Å². The molecule has 4 heteroatoms. The van der Waals surface area contributed by atoms with E-state index < -0.39 is 5.97 Å². The van der Waals surface area contributed by atoms with Crippen molar-refractivity contribution in [2.75, 3.05) is 0 Å². The Labute approximate surface area is 114 Å². The zero-order valence-electron chi connectivity index (χ0n) is 9.96. The third kappa shape index (κ3) is 2.35. The van der Waals surface area contributed by atoms with Crippen LogP contribution in [-0.4, -0.2) is 16.1 Å². The number of fused-ring (bicyclic) bond motifs is 1. The molecule has 0 saturated heterocycles. The van der Waals surface area contributed by atoms with Crippen LogP contribution < -0.4 is 0 Å². The van der Waals surface area contributed by atoms with Crippen molar-refractivity contribution in [2.45, 2.75) is 9.79 Å². The number of benzene rings is 2. The van der Waals surface area contributed by atoms with Gasteiger partial charge in [0.15, 0.2) is 0 Å². The van der Waals surface area contributed by atoms with Crippen molar-refractivity contribution in [3.63, 3.8) is 0 Å². The molecule has 2 N–H and O–H groups in total. The van der Waals surface area contributed by atoms with Gasteiger partial charge in [0, 0.05) is 26.9 Å². The minimum Gasteiger partial charge on any atom is -0.478 e. The van der Waals surface area contributed by atoms with E-state index in [1.54, 1.807) is 23.9 Å². The number of H-pyrrole nitrogens is 1. The third-order valence-electron chi connectivity index (χ3n) is 2.88. The number of carbonyl (C=O) groups is 1. The molecule has 1 aromatic heterocycles. The van der Waals surface area contributed by atoms with E-state index in [4.69, 9.17) is 5.11 Å². The van der Waals surface area contributed by atoms with Gasteiger partial charge in [0.25, 0.3) is 0 Å². The highest BCUT2D eigenvalue weighted by atomic mass is 32.2. The summed E-state index contributed by atoms with van der Waals surface area (Å²) in [6.45, 7) is 0. The molecule has 19 heavy (non-hydrogen) atoms. The number of carboxylic acids is 1. The van der Waals surface area contributed by atoms with Crippen LogP contribution in [0.3, 0.4) is 0 Å². The monoisotopic (exact) mass is 269 g/mol. The lowest BCUT2D eigenvalue weighted by Gasteiger charge is -2.04. The molecule has 0 unspecified atom stereocenters. The van der Waals surface area contributed by atoms with E-state index in [0.717, 1.165) is 15.3 Å². The molecule has 0 aliphatic heterocycles. The average Bonchev–Trinajstić information content (AvgIpc) is 2.89. The van der Waals surface area contributed by atoms with Crippen LogP contribution in [0.15, 0.2) is 64.5 Å². The van der Waals surface area contributed by atoms with Gasteiger partial charge in [-0.15, -0.1) is 0 Å². The van der Waals surface area contributed by atoms with Crippen LogP contribution in [-0.2, 0) is 0 Å². The van der Waals surface area contributed by atoms with E-state index in [9.17, 15) is 4.79 Å². The lowest BCUT2D eigenvalue weighted by Crippen LogP contribution is -1.94. The topological polar surface area (TPSA) is 53.1 Å². The first-order valence-electron chi connectivity index (χ1n) is 5.81. The Bertz CT molecular complexity index is 731. The van der Waals surface area contributed by atoms with Gasteiger partial charge in [0.1, 0.15) is 0 Å². The van der Waals surface area contributed by atoms with E-state index in [2.05, 4.69) is 11.1 Å². The summed E-state index contributed by atoms with van der Waals surface area (Å²) in [5.41, 5.74) is 1.41. The Hall–Kier alpha value is -2.20. The van der Waals surface area contributed by atoms with E-state index in [1.165, 1.54) is 5.39 Å². The van der Waals surface area contributed by atoms with Gasteiger partial charge in [-0.1, -0.05) is 17.8 Å². The predicted octanol–water partition coefficient (Wildman–Crippen LogP) is 4.02.